The molecule has 1 unspecified atom stereocenters. The van der Waals surface area contributed by atoms with E-state index in [0.717, 1.165) is 11.1 Å². The van der Waals surface area contributed by atoms with Gasteiger partial charge in [-0.05, 0) is 37.1 Å². The maximum absolute atomic E-state index is 13.1. The Kier molecular flexibility index (Phi) is 4.88. The standard InChI is InChI=1S/C25H21NO4/c1-15-11-13-17(14-12-15)23(28)21-22(18-8-4-3-7-16(18)2)26(25(30)24(21)29)19-9-5-6-10-20(19)27/h3-14,22,27-28H,1-2H3/b23-21+. The summed E-state index contributed by atoms with van der Waals surface area (Å²) in [5.41, 5.74) is 3.25. The molecular formula is C25H21NO4. The van der Waals surface area contributed by atoms with E-state index in [4.69, 9.17) is 0 Å². The lowest BCUT2D eigenvalue weighted by Gasteiger charge is -2.27. The second-order valence-corrected chi connectivity index (χ2v) is 7.38. The average molecular weight is 399 g/mol. The summed E-state index contributed by atoms with van der Waals surface area (Å²) in [6.07, 6.45) is 0. The van der Waals surface area contributed by atoms with Crippen LogP contribution in [0.5, 0.6) is 5.75 Å². The molecule has 0 saturated carbocycles. The summed E-state index contributed by atoms with van der Waals surface area (Å²) in [7, 11) is 0. The predicted octanol–water partition coefficient (Wildman–Crippen LogP) is 4.64. The summed E-state index contributed by atoms with van der Waals surface area (Å²) < 4.78 is 0. The van der Waals surface area contributed by atoms with Gasteiger partial charge in [0.1, 0.15) is 11.5 Å². The first-order chi connectivity index (χ1) is 14.4. The van der Waals surface area contributed by atoms with Crippen molar-refractivity contribution in [2.45, 2.75) is 19.9 Å². The number of amides is 1. The van der Waals surface area contributed by atoms with Gasteiger partial charge in [-0.3, -0.25) is 14.5 Å². The zero-order valence-corrected chi connectivity index (χ0v) is 16.7. The van der Waals surface area contributed by atoms with Gasteiger partial charge in [0.25, 0.3) is 11.7 Å². The van der Waals surface area contributed by atoms with Crippen LogP contribution in [0.1, 0.15) is 28.3 Å². The number of phenols is 1. The molecule has 2 N–H and O–H groups in total. The van der Waals surface area contributed by atoms with Crippen LogP contribution in [0.25, 0.3) is 5.76 Å². The number of rotatable bonds is 3. The first-order valence-electron chi connectivity index (χ1n) is 9.61. The van der Waals surface area contributed by atoms with Crippen molar-refractivity contribution in [2.75, 3.05) is 4.90 Å². The van der Waals surface area contributed by atoms with E-state index in [1.165, 1.54) is 11.0 Å². The molecule has 0 radical (unpaired) electrons. The van der Waals surface area contributed by atoms with E-state index >= 15 is 0 Å². The van der Waals surface area contributed by atoms with Crippen LogP contribution in [-0.4, -0.2) is 21.9 Å². The van der Waals surface area contributed by atoms with Crippen LogP contribution in [0.15, 0.2) is 78.4 Å². The van der Waals surface area contributed by atoms with Crippen LogP contribution in [0.3, 0.4) is 0 Å². The first kappa shape index (κ1) is 19.5. The fourth-order valence-electron chi connectivity index (χ4n) is 3.80. The summed E-state index contributed by atoms with van der Waals surface area (Å²) in [4.78, 5) is 27.4. The number of carbonyl (C=O) groups excluding carboxylic acids is 2. The molecule has 5 heteroatoms. The third kappa shape index (κ3) is 3.14. The Balaban J connectivity index is 1.99. The Morgan fingerprint density at radius 2 is 1.50 bits per heavy atom. The van der Waals surface area contributed by atoms with E-state index < -0.39 is 17.7 Å². The number of benzene rings is 3. The van der Waals surface area contributed by atoms with Gasteiger partial charge < -0.3 is 10.2 Å². The number of hydrogen-bond donors (Lipinski definition) is 2. The Labute approximate surface area is 174 Å². The van der Waals surface area contributed by atoms with Crippen molar-refractivity contribution < 1.29 is 19.8 Å². The molecule has 150 valence electrons. The fraction of sp³-hybridized carbons (Fsp3) is 0.120. The van der Waals surface area contributed by atoms with Gasteiger partial charge in [-0.25, -0.2) is 0 Å². The quantitative estimate of drug-likeness (QED) is 0.382. The van der Waals surface area contributed by atoms with Crippen LogP contribution in [0.4, 0.5) is 5.69 Å². The molecule has 0 aromatic heterocycles. The number of anilines is 1. The van der Waals surface area contributed by atoms with Crippen LogP contribution in [-0.2, 0) is 9.59 Å². The molecule has 4 rings (SSSR count). The number of hydrogen-bond acceptors (Lipinski definition) is 4. The number of para-hydroxylation sites is 2. The third-order valence-electron chi connectivity index (χ3n) is 5.39. The molecule has 0 aliphatic carbocycles. The smallest absolute Gasteiger partial charge is 0.300 e. The van der Waals surface area contributed by atoms with Crippen molar-refractivity contribution in [3.8, 4) is 5.75 Å². The molecule has 1 atom stereocenters. The molecule has 1 fully saturated rings. The van der Waals surface area contributed by atoms with Crippen LogP contribution < -0.4 is 4.90 Å². The highest BCUT2D eigenvalue weighted by Gasteiger charge is 2.48. The van der Waals surface area contributed by atoms with Gasteiger partial charge in [0.15, 0.2) is 0 Å². The van der Waals surface area contributed by atoms with Gasteiger partial charge in [0, 0.05) is 5.56 Å². The number of aromatic hydroxyl groups is 1. The molecule has 1 saturated heterocycles. The summed E-state index contributed by atoms with van der Waals surface area (Å²) in [6, 6.07) is 20.0. The Morgan fingerprint density at radius 3 is 2.17 bits per heavy atom. The van der Waals surface area contributed by atoms with E-state index in [2.05, 4.69) is 0 Å². The van der Waals surface area contributed by atoms with Crippen molar-refractivity contribution in [2.24, 2.45) is 0 Å². The van der Waals surface area contributed by atoms with Gasteiger partial charge in [-0.1, -0.05) is 66.2 Å². The molecule has 3 aromatic carbocycles. The molecule has 1 aliphatic rings. The van der Waals surface area contributed by atoms with Crippen LogP contribution >= 0.6 is 0 Å². The highest BCUT2D eigenvalue weighted by Crippen LogP contribution is 2.45. The van der Waals surface area contributed by atoms with Crippen molar-refractivity contribution in [3.63, 3.8) is 0 Å². The zero-order chi connectivity index (χ0) is 21.4. The van der Waals surface area contributed by atoms with E-state index in [1.54, 1.807) is 30.3 Å². The number of phenolic OH excluding ortho intramolecular Hbond substituents is 1. The van der Waals surface area contributed by atoms with Crippen molar-refractivity contribution in [3.05, 3.63) is 101 Å². The zero-order valence-electron chi connectivity index (χ0n) is 16.7. The number of aliphatic hydroxyl groups excluding tert-OH is 1. The van der Waals surface area contributed by atoms with Gasteiger partial charge in [-0.15, -0.1) is 0 Å². The number of carbonyl (C=O) groups is 2. The molecule has 1 heterocycles. The predicted molar refractivity (Wildman–Crippen MR) is 115 cm³/mol. The van der Waals surface area contributed by atoms with Gasteiger partial charge in [0.05, 0.1) is 17.3 Å². The SMILES string of the molecule is Cc1ccc(/C(O)=C2\C(=O)C(=O)N(c3ccccc3O)C2c2ccccc2C)cc1. The summed E-state index contributed by atoms with van der Waals surface area (Å²) in [6.45, 7) is 3.81. The maximum atomic E-state index is 13.1. The lowest BCUT2D eigenvalue weighted by Crippen LogP contribution is -2.29. The monoisotopic (exact) mass is 399 g/mol. The second-order valence-electron chi connectivity index (χ2n) is 7.38. The average Bonchev–Trinajstić information content (AvgIpc) is 2.99. The molecule has 30 heavy (non-hydrogen) atoms. The number of aliphatic hydroxyl groups is 1. The molecule has 1 amide bonds. The summed E-state index contributed by atoms with van der Waals surface area (Å²) in [5.74, 6) is -1.93. The minimum Gasteiger partial charge on any atom is -0.507 e. The van der Waals surface area contributed by atoms with Crippen molar-refractivity contribution in [1.29, 1.82) is 0 Å². The first-order valence-corrected chi connectivity index (χ1v) is 9.61. The van der Waals surface area contributed by atoms with Crippen molar-refractivity contribution in [1.82, 2.24) is 0 Å². The minimum absolute atomic E-state index is 0.00130. The maximum Gasteiger partial charge on any atom is 0.300 e. The van der Waals surface area contributed by atoms with Gasteiger partial charge >= 0.3 is 0 Å². The largest absolute Gasteiger partial charge is 0.507 e. The highest BCUT2D eigenvalue weighted by molar-refractivity contribution is 6.52. The van der Waals surface area contributed by atoms with Gasteiger partial charge in [0.2, 0.25) is 0 Å². The normalized spacial score (nSPS) is 18.1. The van der Waals surface area contributed by atoms with E-state index in [0.29, 0.717) is 11.1 Å². The number of ketones is 1. The summed E-state index contributed by atoms with van der Waals surface area (Å²) >= 11 is 0. The summed E-state index contributed by atoms with van der Waals surface area (Å²) in [5, 5.41) is 21.5. The van der Waals surface area contributed by atoms with E-state index in [9.17, 15) is 19.8 Å². The Hall–Kier alpha value is -3.86. The van der Waals surface area contributed by atoms with E-state index in [-0.39, 0.29) is 22.8 Å². The van der Waals surface area contributed by atoms with Crippen LogP contribution in [0.2, 0.25) is 0 Å². The molecule has 3 aromatic rings. The number of aryl methyl sites for hydroxylation is 2. The van der Waals surface area contributed by atoms with Crippen LogP contribution in [0, 0.1) is 13.8 Å². The molecule has 0 bridgehead atoms. The number of Topliss-reactive ketones (excluding diaryl/α,β-unsaturated/α-hetero) is 1. The van der Waals surface area contributed by atoms with Crippen molar-refractivity contribution >= 4 is 23.1 Å². The molecule has 0 spiro atoms. The second kappa shape index (κ2) is 7.52. The minimum atomic E-state index is -0.860. The molecule has 5 nitrogen and oxygen atoms in total. The Bertz CT molecular complexity index is 1180. The lowest BCUT2D eigenvalue weighted by molar-refractivity contribution is -0.132. The van der Waals surface area contributed by atoms with Gasteiger partial charge in [-0.2, -0.15) is 0 Å². The topological polar surface area (TPSA) is 77.8 Å². The highest BCUT2D eigenvalue weighted by atomic mass is 16.3. The number of nitrogens with zero attached hydrogens (tertiary/aromatic N) is 1. The fourth-order valence-corrected chi connectivity index (χ4v) is 3.80. The Morgan fingerprint density at radius 1 is 0.867 bits per heavy atom. The molecule has 1 aliphatic heterocycles. The molecular weight excluding hydrogens is 378 g/mol. The van der Waals surface area contributed by atoms with E-state index in [1.807, 2.05) is 50.2 Å². The lowest BCUT2D eigenvalue weighted by atomic mass is 9.92. The third-order valence-corrected chi connectivity index (χ3v) is 5.39.